The van der Waals surface area contributed by atoms with Gasteiger partial charge >= 0.3 is 0 Å². The molecule has 0 radical (unpaired) electrons. The van der Waals surface area contributed by atoms with Crippen molar-refractivity contribution in [3.05, 3.63) is 22.2 Å². The number of nitrogens with one attached hydrogen (secondary N) is 2. The number of rotatable bonds is 5. The molecule has 3 rings (SSSR count). The van der Waals surface area contributed by atoms with E-state index in [0.717, 1.165) is 37.6 Å². The fourth-order valence-electron chi connectivity index (χ4n) is 4.42. The molecule has 1 aromatic rings. The molecule has 138 valence electrons. The highest BCUT2D eigenvalue weighted by Gasteiger charge is 2.44. The van der Waals surface area contributed by atoms with E-state index in [4.69, 9.17) is 11.6 Å². The molecule has 1 aliphatic heterocycles. The highest BCUT2D eigenvalue weighted by molar-refractivity contribution is 6.30. The predicted molar refractivity (Wildman–Crippen MR) is 102 cm³/mol. The molecule has 2 aliphatic rings. The van der Waals surface area contributed by atoms with E-state index in [1.807, 2.05) is 18.4 Å². The van der Waals surface area contributed by atoms with E-state index in [1.165, 1.54) is 25.7 Å². The molecule has 25 heavy (non-hydrogen) atoms. The molecule has 1 aliphatic carbocycles. The van der Waals surface area contributed by atoms with Crippen LogP contribution in [-0.2, 0) is 6.42 Å². The largest absolute Gasteiger partial charge is 0.350 e. The quantitative estimate of drug-likeness (QED) is 0.842. The van der Waals surface area contributed by atoms with E-state index < -0.39 is 0 Å². The Kier molecular flexibility index (Phi) is 5.54. The molecule has 0 unspecified atom stereocenters. The zero-order valence-corrected chi connectivity index (χ0v) is 16.2. The number of carbonyl (C=O) groups is 1. The monoisotopic (exact) mass is 364 g/mol. The average molecular weight is 365 g/mol. The fourth-order valence-corrected chi connectivity index (χ4v) is 4.52. The van der Waals surface area contributed by atoms with Gasteiger partial charge < -0.3 is 10.6 Å². The highest BCUT2D eigenvalue weighted by atomic mass is 35.5. The summed E-state index contributed by atoms with van der Waals surface area (Å²) in [5, 5.41) is 7.20. The second-order valence-electron chi connectivity index (χ2n) is 7.63. The molecule has 6 heteroatoms. The van der Waals surface area contributed by atoms with Crippen molar-refractivity contribution < 1.29 is 4.79 Å². The van der Waals surface area contributed by atoms with Crippen molar-refractivity contribution in [3.63, 3.8) is 0 Å². The van der Waals surface area contributed by atoms with Gasteiger partial charge in [-0.05, 0) is 70.4 Å². The van der Waals surface area contributed by atoms with Crippen LogP contribution >= 0.6 is 11.6 Å². The number of nitrogens with zero attached hydrogens (tertiary/aromatic N) is 2. The Morgan fingerprint density at radius 1 is 1.44 bits per heavy atom. The lowest BCUT2D eigenvalue weighted by Crippen LogP contribution is -2.48. The van der Waals surface area contributed by atoms with Crippen molar-refractivity contribution in [1.82, 2.24) is 20.2 Å². The summed E-state index contributed by atoms with van der Waals surface area (Å²) in [5.74, 6) is 1.35. The van der Waals surface area contributed by atoms with Crippen LogP contribution in [0, 0.1) is 18.3 Å². The van der Waals surface area contributed by atoms with Crippen LogP contribution in [0.1, 0.15) is 61.5 Å². The minimum atomic E-state index is -0.0436. The lowest BCUT2D eigenvalue weighted by atomic mass is 9.58. The van der Waals surface area contributed by atoms with Gasteiger partial charge in [-0.15, -0.1) is 0 Å². The molecule has 0 atom stereocenters. The number of amides is 1. The molecule has 0 aromatic carbocycles. The van der Waals surface area contributed by atoms with E-state index >= 15 is 0 Å². The zero-order chi connectivity index (χ0) is 18.0. The van der Waals surface area contributed by atoms with E-state index in [2.05, 4.69) is 15.6 Å². The lowest BCUT2D eigenvalue weighted by Gasteiger charge is -2.50. The standard InChI is InChI=1S/C19H29ClN4O/c1-4-16-17(24(12-13(2)20)14(3)23-16)18(25)22-11-15-9-19(10-15)5-7-21-8-6-19/h12,15,21H,4-11H2,1-3H3,(H,22,25)/b13-12+. The Hall–Kier alpha value is -1.33. The second-order valence-corrected chi connectivity index (χ2v) is 8.22. The number of hydrogen-bond acceptors (Lipinski definition) is 3. The number of allylic oxidation sites excluding steroid dienone is 1. The average Bonchev–Trinajstić information content (AvgIpc) is 2.87. The van der Waals surface area contributed by atoms with Crippen LogP contribution in [0.15, 0.2) is 5.03 Å². The Bertz CT molecular complexity index is 661. The third-order valence-electron chi connectivity index (χ3n) is 5.68. The van der Waals surface area contributed by atoms with Gasteiger partial charge in [-0.1, -0.05) is 18.5 Å². The van der Waals surface area contributed by atoms with E-state index in [9.17, 15) is 4.79 Å². The molecule has 1 amide bonds. The van der Waals surface area contributed by atoms with E-state index in [1.54, 1.807) is 13.1 Å². The Morgan fingerprint density at radius 2 is 2.12 bits per heavy atom. The smallest absolute Gasteiger partial charge is 0.270 e. The minimum absolute atomic E-state index is 0.0436. The van der Waals surface area contributed by atoms with Crippen LogP contribution in [-0.4, -0.2) is 35.1 Å². The number of carbonyl (C=O) groups excluding carboxylic acids is 1. The molecular weight excluding hydrogens is 336 g/mol. The Balaban J connectivity index is 1.63. The number of aryl methyl sites for hydroxylation is 2. The molecule has 1 aromatic heterocycles. The van der Waals surface area contributed by atoms with Crippen LogP contribution < -0.4 is 10.6 Å². The lowest BCUT2D eigenvalue weighted by molar-refractivity contribution is 0.0219. The van der Waals surface area contributed by atoms with Crippen LogP contribution in [0.2, 0.25) is 0 Å². The summed E-state index contributed by atoms with van der Waals surface area (Å²) in [5.41, 5.74) is 2.00. The summed E-state index contributed by atoms with van der Waals surface area (Å²) in [6.45, 7) is 8.77. The predicted octanol–water partition coefficient (Wildman–Crippen LogP) is 3.32. The van der Waals surface area contributed by atoms with Gasteiger partial charge in [-0.25, -0.2) is 4.98 Å². The van der Waals surface area contributed by atoms with Gasteiger partial charge in [-0.3, -0.25) is 9.36 Å². The van der Waals surface area contributed by atoms with E-state index in [-0.39, 0.29) is 5.91 Å². The van der Waals surface area contributed by atoms with Gasteiger partial charge in [0.15, 0.2) is 0 Å². The first kappa shape index (κ1) is 18.5. The van der Waals surface area contributed by atoms with Crippen LogP contribution in [0.25, 0.3) is 6.20 Å². The first-order chi connectivity index (χ1) is 11.9. The molecule has 2 N–H and O–H groups in total. The van der Waals surface area contributed by atoms with Gasteiger partial charge in [0.05, 0.1) is 5.69 Å². The van der Waals surface area contributed by atoms with Gasteiger partial charge in [0.25, 0.3) is 5.91 Å². The van der Waals surface area contributed by atoms with Crippen molar-refractivity contribution >= 4 is 23.7 Å². The van der Waals surface area contributed by atoms with Gasteiger partial charge in [0, 0.05) is 17.8 Å². The van der Waals surface area contributed by atoms with Gasteiger partial charge in [0.1, 0.15) is 11.5 Å². The number of piperidine rings is 1. The Labute approximate surface area is 155 Å². The molecule has 2 heterocycles. The third kappa shape index (κ3) is 3.93. The SMILES string of the molecule is CCc1nc(C)n(/C=C(\C)Cl)c1C(=O)NCC1CC2(CCNCC2)C1. The molecular formula is C19H29ClN4O. The normalized spacial score (nSPS) is 20.6. The second kappa shape index (κ2) is 7.50. The number of halogens is 1. The Morgan fingerprint density at radius 3 is 2.72 bits per heavy atom. The molecule has 2 fully saturated rings. The molecule has 1 saturated heterocycles. The van der Waals surface area contributed by atoms with Gasteiger partial charge in [-0.2, -0.15) is 0 Å². The first-order valence-corrected chi connectivity index (χ1v) is 9.72. The first-order valence-electron chi connectivity index (χ1n) is 9.34. The summed E-state index contributed by atoms with van der Waals surface area (Å²) < 4.78 is 1.81. The molecule has 5 nitrogen and oxygen atoms in total. The number of aromatic nitrogens is 2. The number of hydrogen-bond donors (Lipinski definition) is 2. The van der Waals surface area contributed by atoms with Crippen molar-refractivity contribution in [3.8, 4) is 0 Å². The van der Waals surface area contributed by atoms with Crippen LogP contribution in [0.4, 0.5) is 0 Å². The summed E-state index contributed by atoms with van der Waals surface area (Å²) >= 11 is 6.03. The highest BCUT2D eigenvalue weighted by Crippen LogP contribution is 2.51. The van der Waals surface area contributed by atoms with Crippen molar-refractivity contribution in [2.45, 2.75) is 52.9 Å². The molecule has 1 spiro atoms. The van der Waals surface area contributed by atoms with Crippen LogP contribution in [0.3, 0.4) is 0 Å². The fraction of sp³-hybridized carbons (Fsp3) is 0.684. The topological polar surface area (TPSA) is 59.0 Å². The molecule has 0 bridgehead atoms. The maximum absolute atomic E-state index is 12.8. The summed E-state index contributed by atoms with van der Waals surface area (Å²) in [4.78, 5) is 17.3. The summed E-state index contributed by atoms with van der Waals surface area (Å²) in [7, 11) is 0. The van der Waals surface area contributed by atoms with Crippen LogP contribution in [0.5, 0.6) is 0 Å². The maximum Gasteiger partial charge on any atom is 0.270 e. The summed E-state index contributed by atoms with van der Waals surface area (Å²) in [6.07, 6.45) is 7.55. The van der Waals surface area contributed by atoms with Crippen molar-refractivity contribution in [2.24, 2.45) is 11.3 Å². The van der Waals surface area contributed by atoms with E-state index in [0.29, 0.717) is 22.1 Å². The summed E-state index contributed by atoms with van der Waals surface area (Å²) in [6, 6.07) is 0. The van der Waals surface area contributed by atoms with Crippen molar-refractivity contribution in [1.29, 1.82) is 0 Å². The zero-order valence-electron chi connectivity index (χ0n) is 15.5. The number of imidazole rings is 1. The maximum atomic E-state index is 12.8. The van der Waals surface area contributed by atoms with Gasteiger partial charge in [0.2, 0.25) is 0 Å². The third-order valence-corrected chi connectivity index (χ3v) is 5.77. The van der Waals surface area contributed by atoms with Crippen molar-refractivity contribution in [2.75, 3.05) is 19.6 Å². The molecule has 1 saturated carbocycles. The minimum Gasteiger partial charge on any atom is -0.350 e.